The van der Waals surface area contributed by atoms with E-state index in [-0.39, 0.29) is 23.2 Å². The molecule has 2 rings (SSSR count). The molecule has 1 aromatic carbocycles. The lowest BCUT2D eigenvalue weighted by atomic mass is 10.1. The predicted molar refractivity (Wildman–Crippen MR) is 88.8 cm³/mol. The molecule has 0 aromatic heterocycles. The predicted octanol–water partition coefficient (Wildman–Crippen LogP) is 1.34. The molecular weight excluding hydrogens is 326 g/mol. The molecule has 22 heavy (non-hydrogen) atoms. The standard InChI is InChI=1S/C14H21N3O3S.ClH/c1-11(18)17-13-2-4-14(5-3-13)21(19,20)16-9-7-12-6-8-15-10-12;/h2-5,12,15-16H,6-10H2,1H3,(H,17,18);1H. The molecule has 3 N–H and O–H groups in total. The van der Waals surface area contributed by atoms with Crippen molar-refractivity contribution in [3.8, 4) is 0 Å². The van der Waals surface area contributed by atoms with Crippen LogP contribution in [0.25, 0.3) is 0 Å². The van der Waals surface area contributed by atoms with Crippen LogP contribution in [0.15, 0.2) is 29.2 Å². The monoisotopic (exact) mass is 347 g/mol. The molecule has 0 saturated carbocycles. The number of anilines is 1. The van der Waals surface area contributed by atoms with E-state index in [0.717, 1.165) is 25.9 Å². The highest BCUT2D eigenvalue weighted by atomic mass is 35.5. The van der Waals surface area contributed by atoms with Crippen LogP contribution in [-0.2, 0) is 14.8 Å². The van der Waals surface area contributed by atoms with E-state index >= 15 is 0 Å². The number of sulfonamides is 1. The Morgan fingerprint density at radius 3 is 2.55 bits per heavy atom. The highest BCUT2D eigenvalue weighted by Gasteiger charge is 2.17. The fourth-order valence-electron chi connectivity index (χ4n) is 2.36. The van der Waals surface area contributed by atoms with Crippen LogP contribution in [0, 0.1) is 5.92 Å². The van der Waals surface area contributed by atoms with Gasteiger partial charge in [-0.25, -0.2) is 13.1 Å². The van der Waals surface area contributed by atoms with Gasteiger partial charge in [-0.15, -0.1) is 12.4 Å². The topological polar surface area (TPSA) is 87.3 Å². The molecule has 6 nitrogen and oxygen atoms in total. The number of amides is 1. The number of benzene rings is 1. The SMILES string of the molecule is CC(=O)Nc1ccc(S(=O)(=O)NCCC2CCNC2)cc1.Cl. The summed E-state index contributed by atoms with van der Waals surface area (Å²) in [6.45, 7) is 3.83. The normalized spacial score (nSPS) is 17.8. The van der Waals surface area contributed by atoms with E-state index in [4.69, 9.17) is 0 Å². The summed E-state index contributed by atoms with van der Waals surface area (Å²) in [4.78, 5) is 11.1. The molecule has 8 heteroatoms. The third kappa shape index (κ3) is 5.57. The minimum absolute atomic E-state index is 0. The van der Waals surface area contributed by atoms with Gasteiger partial charge in [0, 0.05) is 19.2 Å². The van der Waals surface area contributed by atoms with Gasteiger partial charge in [0.15, 0.2) is 0 Å². The highest BCUT2D eigenvalue weighted by molar-refractivity contribution is 7.89. The largest absolute Gasteiger partial charge is 0.326 e. The summed E-state index contributed by atoms with van der Waals surface area (Å²) in [7, 11) is -3.48. The smallest absolute Gasteiger partial charge is 0.240 e. The van der Waals surface area contributed by atoms with E-state index in [9.17, 15) is 13.2 Å². The molecule has 1 unspecified atom stereocenters. The minimum Gasteiger partial charge on any atom is -0.326 e. The van der Waals surface area contributed by atoms with Gasteiger partial charge < -0.3 is 10.6 Å². The first-order valence-electron chi connectivity index (χ1n) is 7.05. The molecule has 1 heterocycles. The Labute approximate surface area is 137 Å². The summed E-state index contributed by atoms with van der Waals surface area (Å²) < 4.78 is 26.9. The maximum absolute atomic E-state index is 12.1. The zero-order valence-electron chi connectivity index (χ0n) is 12.5. The van der Waals surface area contributed by atoms with Crippen molar-refractivity contribution in [2.45, 2.75) is 24.7 Å². The first-order valence-corrected chi connectivity index (χ1v) is 8.54. The number of halogens is 1. The number of hydrogen-bond acceptors (Lipinski definition) is 4. The van der Waals surface area contributed by atoms with Crippen molar-refractivity contribution in [3.05, 3.63) is 24.3 Å². The van der Waals surface area contributed by atoms with Gasteiger partial charge in [0.05, 0.1) is 4.90 Å². The van der Waals surface area contributed by atoms with Crippen molar-refractivity contribution in [2.75, 3.05) is 25.0 Å². The molecule has 0 bridgehead atoms. The molecule has 0 radical (unpaired) electrons. The van der Waals surface area contributed by atoms with Crippen LogP contribution < -0.4 is 15.4 Å². The lowest BCUT2D eigenvalue weighted by Gasteiger charge is -2.10. The first-order chi connectivity index (χ1) is 9.97. The van der Waals surface area contributed by atoms with Crippen molar-refractivity contribution in [1.82, 2.24) is 10.0 Å². The van der Waals surface area contributed by atoms with Crippen molar-refractivity contribution in [1.29, 1.82) is 0 Å². The van der Waals surface area contributed by atoms with Crippen LogP contribution in [-0.4, -0.2) is 34.0 Å². The Kier molecular flexibility index (Phi) is 7.28. The van der Waals surface area contributed by atoms with E-state index < -0.39 is 10.0 Å². The van der Waals surface area contributed by atoms with Crippen LogP contribution in [0.4, 0.5) is 5.69 Å². The van der Waals surface area contributed by atoms with Crippen molar-refractivity contribution >= 4 is 34.0 Å². The first kappa shape index (κ1) is 18.9. The summed E-state index contributed by atoms with van der Waals surface area (Å²) in [6.07, 6.45) is 1.95. The quantitative estimate of drug-likeness (QED) is 0.724. The van der Waals surface area contributed by atoms with Gasteiger partial charge >= 0.3 is 0 Å². The number of carbonyl (C=O) groups is 1. The fourth-order valence-corrected chi connectivity index (χ4v) is 3.41. The third-order valence-corrected chi connectivity index (χ3v) is 4.97. The van der Waals surface area contributed by atoms with E-state index in [2.05, 4.69) is 15.4 Å². The third-order valence-electron chi connectivity index (χ3n) is 3.49. The fraction of sp³-hybridized carbons (Fsp3) is 0.500. The van der Waals surface area contributed by atoms with Gasteiger partial charge in [0.1, 0.15) is 0 Å². The van der Waals surface area contributed by atoms with Gasteiger partial charge in [-0.1, -0.05) is 0 Å². The van der Waals surface area contributed by atoms with Gasteiger partial charge in [0.25, 0.3) is 0 Å². The maximum atomic E-state index is 12.1. The molecule has 1 atom stereocenters. The van der Waals surface area contributed by atoms with E-state index in [0.29, 0.717) is 18.2 Å². The summed E-state index contributed by atoms with van der Waals surface area (Å²) in [6, 6.07) is 6.14. The molecule has 1 aliphatic heterocycles. The van der Waals surface area contributed by atoms with Crippen LogP contribution in [0.5, 0.6) is 0 Å². The van der Waals surface area contributed by atoms with Crippen molar-refractivity contribution in [2.24, 2.45) is 5.92 Å². The second-order valence-corrected chi connectivity index (χ2v) is 7.02. The second kappa shape index (κ2) is 8.47. The molecule has 0 spiro atoms. The summed E-state index contributed by atoms with van der Waals surface area (Å²) in [5.74, 6) is 0.365. The van der Waals surface area contributed by atoms with Crippen LogP contribution in [0.2, 0.25) is 0 Å². The Bertz CT molecular complexity index is 584. The molecule has 1 aromatic rings. The number of rotatable bonds is 6. The summed E-state index contributed by atoms with van der Waals surface area (Å²) in [5, 5.41) is 5.86. The number of nitrogens with one attached hydrogen (secondary N) is 3. The van der Waals surface area contributed by atoms with Crippen molar-refractivity contribution < 1.29 is 13.2 Å². The molecule has 1 amide bonds. The summed E-state index contributed by atoms with van der Waals surface area (Å²) in [5.41, 5.74) is 0.582. The Hall–Kier alpha value is -1.15. The van der Waals surface area contributed by atoms with E-state index in [1.165, 1.54) is 19.1 Å². The highest BCUT2D eigenvalue weighted by Crippen LogP contribution is 2.15. The average Bonchev–Trinajstić information content (AvgIpc) is 2.91. The minimum atomic E-state index is -3.48. The van der Waals surface area contributed by atoms with Gasteiger partial charge in [0.2, 0.25) is 15.9 Å². The lowest BCUT2D eigenvalue weighted by Crippen LogP contribution is -2.26. The molecule has 1 fully saturated rings. The van der Waals surface area contributed by atoms with E-state index in [1.807, 2.05) is 0 Å². The van der Waals surface area contributed by atoms with Crippen LogP contribution in [0.3, 0.4) is 0 Å². The Balaban J connectivity index is 0.00000242. The number of carbonyl (C=O) groups excluding carboxylic acids is 1. The number of hydrogen-bond donors (Lipinski definition) is 3. The van der Waals surface area contributed by atoms with E-state index in [1.54, 1.807) is 12.1 Å². The Morgan fingerprint density at radius 1 is 1.32 bits per heavy atom. The second-order valence-electron chi connectivity index (χ2n) is 5.25. The van der Waals surface area contributed by atoms with Gasteiger partial charge in [-0.05, 0) is 56.1 Å². The molecule has 124 valence electrons. The molecule has 1 saturated heterocycles. The lowest BCUT2D eigenvalue weighted by molar-refractivity contribution is -0.114. The summed E-state index contributed by atoms with van der Waals surface area (Å²) >= 11 is 0. The molecule has 0 aliphatic carbocycles. The molecule has 1 aliphatic rings. The van der Waals surface area contributed by atoms with Gasteiger partial charge in [-0.3, -0.25) is 4.79 Å². The zero-order chi connectivity index (χ0) is 15.3. The van der Waals surface area contributed by atoms with Crippen molar-refractivity contribution in [3.63, 3.8) is 0 Å². The van der Waals surface area contributed by atoms with Crippen LogP contribution in [0.1, 0.15) is 19.8 Å². The maximum Gasteiger partial charge on any atom is 0.240 e. The average molecular weight is 348 g/mol. The van der Waals surface area contributed by atoms with Crippen LogP contribution >= 0.6 is 12.4 Å². The Morgan fingerprint density at radius 2 is 2.00 bits per heavy atom. The van der Waals surface area contributed by atoms with Gasteiger partial charge in [-0.2, -0.15) is 0 Å². The molecular formula is C14H22ClN3O3S. The zero-order valence-corrected chi connectivity index (χ0v) is 14.1.